The fourth-order valence-corrected chi connectivity index (χ4v) is 3.75. The van der Waals surface area contributed by atoms with Gasteiger partial charge in [0.15, 0.2) is 5.17 Å². The Morgan fingerprint density at radius 3 is 2.65 bits per heavy atom. The van der Waals surface area contributed by atoms with Crippen molar-refractivity contribution in [1.29, 1.82) is 0 Å². The summed E-state index contributed by atoms with van der Waals surface area (Å²) in [5.41, 5.74) is 1.05. The average molecular weight is 333 g/mol. The highest BCUT2D eigenvalue weighted by Gasteiger charge is 2.38. The first-order chi connectivity index (χ1) is 11.1. The van der Waals surface area contributed by atoms with E-state index in [-0.39, 0.29) is 29.5 Å². The van der Waals surface area contributed by atoms with E-state index in [1.165, 1.54) is 11.8 Å². The van der Waals surface area contributed by atoms with Gasteiger partial charge in [-0.05, 0) is 26.3 Å². The monoisotopic (exact) mass is 333 g/mol. The molecule has 2 amide bonds. The first kappa shape index (κ1) is 17.5. The molecule has 1 aliphatic rings. The van der Waals surface area contributed by atoms with Crippen LogP contribution in [0.15, 0.2) is 35.3 Å². The van der Waals surface area contributed by atoms with Crippen molar-refractivity contribution in [3.8, 4) is 0 Å². The van der Waals surface area contributed by atoms with Crippen LogP contribution in [-0.4, -0.2) is 40.2 Å². The lowest BCUT2D eigenvalue weighted by molar-refractivity contribution is -0.129. The molecule has 0 unspecified atom stereocenters. The predicted molar refractivity (Wildman–Crippen MR) is 94.4 cm³/mol. The van der Waals surface area contributed by atoms with Gasteiger partial charge in [0, 0.05) is 19.5 Å². The Bertz CT molecular complexity index is 589. The van der Waals surface area contributed by atoms with Crippen LogP contribution in [0.1, 0.15) is 38.8 Å². The number of carbonyl (C=O) groups is 2. The summed E-state index contributed by atoms with van der Waals surface area (Å²) in [6.45, 7) is 7.02. The Morgan fingerprint density at radius 1 is 1.35 bits per heavy atom. The summed E-state index contributed by atoms with van der Waals surface area (Å²) in [4.78, 5) is 30.6. The lowest BCUT2D eigenvalue weighted by Crippen LogP contribution is -2.35. The Kier molecular flexibility index (Phi) is 6.21. The van der Waals surface area contributed by atoms with Crippen molar-refractivity contribution in [2.45, 2.75) is 38.5 Å². The molecule has 0 bridgehead atoms. The average Bonchev–Trinajstić information content (AvgIpc) is 2.83. The van der Waals surface area contributed by atoms with Gasteiger partial charge in [0.25, 0.3) is 0 Å². The number of rotatable bonds is 6. The molecular weight excluding hydrogens is 310 g/mol. The summed E-state index contributed by atoms with van der Waals surface area (Å²) in [6, 6.07) is 9.72. The standard InChI is InChI=1S/C17H23N3O2S/c1-4-18-17-20(5-2)16(22)14(23-17)11-15(21)19-12(3)13-9-7-6-8-10-13/h6-10,12,14H,4-5,11H2,1-3H3,(H,19,21)/t12-,14-/m1/s1. The van der Waals surface area contributed by atoms with Gasteiger partial charge in [0.1, 0.15) is 5.25 Å². The largest absolute Gasteiger partial charge is 0.350 e. The van der Waals surface area contributed by atoms with E-state index in [0.29, 0.717) is 13.1 Å². The predicted octanol–water partition coefficient (Wildman–Crippen LogP) is 2.59. The molecule has 1 fully saturated rings. The number of aliphatic imine (C=N–C) groups is 1. The molecule has 1 heterocycles. The van der Waals surface area contributed by atoms with Crippen molar-refractivity contribution in [2.24, 2.45) is 4.99 Å². The summed E-state index contributed by atoms with van der Waals surface area (Å²) in [5, 5.41) is 3.32. The SMILES string of the molecule is CCN=C1S[C@H](CC(=O)N[C@H](C)c2ccccc2)C(=O)N1CC. The second-order valence-corrected chi connectivity index (χ2v) is 6.52. The van der Waals surface area contributed by atoms with E-state index in [4.69, 9.17) is 0 Å². The minimum atomic E-state index is -0.372. The molecule has 2 rings (SSSR count). The van der Waals surface area contributed by atoms with E-state index in [1.54, 1.807) is 4.90 Å². The van der Waals surface area contributed by atoms with Crippen LogP contribution < -0.4 is 5.32 Å². The van der Waals surface area contributed by atoms with Gasteiger partial charge in [0.2, 0.25) is 11.8 Å². The highest BCUT2D eigenvalue weighted by atomic mass is 32.2. The molecule has 23 heavy (non-hydrogen) atoms. The van der Waals surface area contributed by atoms with Crippen LogP contribution in [0.4, 0.5) is 0 Å². The molecule has 0 aromatic heterocycles. The lowest BCUT2D eigenvalue weighted by Gasteiger charge is -2.16. The number of nitrogens with one attached hydrogen (secondary N) is 1. The summed E-state index contributed by atoms with van der Waals surface area (Å²) in [6.07, 6.45) is 0.180. The Labute approximate surface area is 141 Å². The van der Waals surface area contributed by atoms with Gasteiger partial charge in [-0.1, -0.05) is 42.1 Å². The zero-order valence-corrected chi connectivity index (χ0v) is 14.6. The molecule has 6 heteroatoms. The van der Waals surface area contributed by atoms with Gasteiger partial charge in [-0.25, -0.2) is 0 Å². The van der Waals surface area contributed by atoms with Crippen molar-refractivity contribution in [3.05, 3.63) is 35.9 Å². The summed E-state index contributed by atoms with van der Waals surface area (Å²) < 4.78 is 0. The number of amidine groups is 1. The molecular formula is C17H23N3O2S. The number of hydrogen-bond donors (Lipinski definition) is 1. The normalized spacial score (nSPS) is 20.8. The molecule has 1 aromatic rings. The minimum Gasteiger partial charge on any atom is -0.350 e. The third-order valence-corrected chi connectivity index (χ3v) is 4.89. The maximum atomic E-state index is 12.4. The van der Waals surface area contributed by atoms with Crippen LogP contribution in [0.2, 0.25) is 0 Å². The number of benzene rings is 1. The molecule has 0 radical (unpaired) electrons. The molecule has 1 aliphatic heterocycles. The number of amides is 2. The molecule has 5 nitrogen and oxygen atoms in total. The van der Waals surface area contributed by atoms with Crippen LogP contribution in [0, 0.1) is 0 Å². The molecule has 0 aliphatic carbocycles. The van der Waals surface area contributed by atoms with Gasteiger partial charge in [-0.2, -0.15) is 0 Å². The number of hydrogen-bond acceptors (Lipinski definition) is 4. The van der Waals surface area contributed by atoms with E-state index in [0.717, 1.165) is 10.7 Å². The van der Waals surface area contributed by atoms with Crippen LogP contribution in [-0.2, 0) is 9.59 Å². The zero-order chi connectivity index (χ0) is 16.8. The third-order valence-electron chi connectivity index (χ3n) is 3.68. The van der Waals surface area contributed by atoms with Gasteiger partial charge < -0.3 is 5.32 Å². The van der Waals surface area contributed by atoms with Crippen molar-refractivity contribution in [3.63, 3.8) is 0 Å². The number of carbonyl (C=O) groups excluding carboxylic acids is 2. The smallest absolute Gasteiger partial charge is 0.242 e. The van der Waals surface area contributed by atoms with Gasteiger partial charge in [0.05, 0.1) is 6.04 Å². The molecule has 0 spiro atoms. The molecule has 1 aromatic carbocycles. The number of nitrogens with zero attached hydrogens (tertiary/aromatic N) is 2. The second-order valence-electron chi connectivity index (χ2n) is 5.35. The van der Waals surface area contributed by atoms with Crippen molar-refractivity contribution in [2.75, 3.05) is 13.1 Å². The highest BCUT2D eigenvalue weighted by Crippen LogP contribution is 2.29. The van der Waals surface area contributed by atoms with Crippen LogP contribution in [0.5, 0.6) is 0 Å². The molecule has 2 atom stereocenters. The van der Waals surface area contributed by atoms with Crippen LogP contribution >= 0.6 is 11.8 Å². The zero-order valence-electron chi connectivity index (χ0n) is 13.8. The highest BCUT2D eigenvalue weighted by molar-refractivity contribution is 8.15. The lowest BCUT2D eigenvalue weighted by atomic mass is 10.1. The molecule has 124 valence electrons. The Morgan fingerprint density at radius 2 is 2.04 bits per heavy atom. The summed E-state index contributed by atoms with van der Waals surface area (Å²) in [7, 11) is 0. The van der Waals surface area contributed by atoms with Gasteiger partial charge in [-0.15, -0.1) is 0 Å². The molecule has 1 saturated heterocycles. The van der Waals surface area contributed by atoms with Gasteiger partial charge in [-0.3, -0.25) is 19.5 Å². The van der Waals surface area contributed by atoms with E-state index >= 15 is 0 Å². The summed E-state index contributed by atoms with van der Waals surface area (Å²) in [5.74, 6) is -0.131. The van der Waals surface area contributed by atoms with Gasteiger partial charge >= 0.3 is 0 Å². The van der Waals surface area contributed by atoms with Crippen LogP contribution in [0.3, 0.4) is 0 Å². The number of thioether (sulfide) groups is 1. The maximum absolute atomic E-state index is 12.4. The second kappa shape index (κ2) is 8.15. The maximum Gasteiger partial charge on any atom is 0.242 e. The Balaban J connectivity index is 1.95. The van der Waals surface area contributed by atoms with E-state index in [9.17, 15) is 9.59 Å². The topological polar surface area (TPSA) is 61.8 Å². The van der Waals surface area contributed by atoms with Crippen LogP contribution in [0.25, 0.3) is 0 Å². The first-order valence-corrected chi connectivity index (χ1v) is 8.81. The fraction of sp³-hybridized carbons (Fsp3) is 0.471. The molecule has 0 saturated carbocycles. The van der Waals surface area contributed by atoms with E-state index < -0.39 is 0 Å². The fourth-order valence-electron chi connectivity index (χ4n) is 2.48. The van der Waals surface area contributed by atoms with E-state index in [1.807, 2.05) is 51.1 Å². The molecule has 1 N–H and O–H groups in total. The van der Waals surface area contributed by atoms with E-state index in [2.05, 4.69) is 10.3 Å². The van der Waals surface area contributed by atoms with Crippen molar-refractivity contribution in [1.82, 2.24) is 10.2 Å². The minimum absolute atomic E-state index is 0.0211. The van der Waals surface area contributed by atoms with Crippen molar-refractivity contribution < 1.29 is 9.59 Å². The van der Waals surface area contributed by atoms with Crippen molar-refractivity contribution >= 4 is 28.7 Å². The first-order valence-electron chi connectivity index (χ1n) is 7.93. The summed E-state index contributed by atoms with van der Waals surface area (Å²) >= 11 is 1.39. The Hall–Kier alpha value is -1.82. The quantitative estimate of drug-likeness (QED) is 0.870. The third kappa shape index (κ3) is 4.34.